The molecule has 0 aromatic heterocycles. The van der Waals surface area contributed by atoms with Crippen LogP contribution in [0.2, 0.25) is 0 Å². The lowest BCUT2D eigenvalue weighted by Gasteiger charge is -2.30. The van der Waals surface area contributed by atoms with Gasteiger partial charge in [0, 0.05) is 48.7 Å². The molecule has 1 fully saturated rings. The average Bonchev–Trinajstić information content (AvgIpc) is 2.87. The number of nitrogens with one attached hydrogen (secondary N) is 2. The van der Waals surface area contributed by atoms with Crippen molar-refractivity contribution in [1.29, 1.82) is 0 Å². The summed E-state index contributed by atoms with van der Waals surface area (Å²) in [5, 5.41) is 5.96. The van der Waals surface area contributed by atoms with Crippen molar-refractivity contribution in [1.82, 2.24) is 9.80 Å². The summed E-state index contributed by atoms with van der Waals surface area (Å²) in [6.45, 7) is 9.39. The smallest absolute Gasteiger partial charge is 0.253 e. The van der Waals surface area contributed by atoms with Crippen molar-refractivity contribution in [3.63, 3.8) is 0 Å². The van der Waals surface area contributed by atoms with Gasteiger partial charge in [0.25, 0.3) is 11.8 Å². The van der Waals surface area contributed by atoms with Crippen LogP contribution in [0, 0.1) is 5.92 Å². The molecule has 1 heterocycles. The second-order valence-electron chi connectivity index (χ2n) is 9.33. The maximum Gasteiger partial charge on any atom is 0.253 e. The van der Waals surface area contributed by atoms with E-state index in [0.717, 1.165) is 44.5 Å². The minimum atomic E-state index is -0.227. The normalized spacial score (nSPS) is 13.9. The van der Waals surface area contributed by atoms with E-state index in [4.69, 9.17) is 0 Å². The van der Waals surface area contributed by atoms with Crippen molar-refractivity contribution >= 4 is 29.1 Å². The molecule has 0 bridgehead atoms. The molecule has 7 heteroatoms. The summed E-state index contributed by atoms with van der Waals surface area (Å²) < 4.78 is 0. The maximum absolute atomic E-state index is 12.9. The predicted molar refractivity (Wildman–Crippen MR) is 141 cm³/mol. The van der Waals surface area contributed by atoms with Crippen LogP contribution in [0.5, 0.6) is 0 Å². The zero-order valence-electron chi connectivity index (χ0n) is 21.2. The highest BCUT2D eigenvalue weighted by Gasteiger charge is 2.21. The summed E-state index contributed by atoms with van der Waals surface area (Å²) in [6.07, 6.45) is 3.87. The third-order valence-corrected chi connectivity index (χ3v) is 6.30. The predicted octanol–water partition coefficient (Wildman–Crippen LogP) is 4.87. The van der Waals surface area contributed by atoms with Gasteiger partial charge in [-0.15, -0.1) is 0 Å². The number of piperidine rings is 1. The summed E-state index contributed by atoms with van der Waals surface area (Å²) in [5.41, 5.74) is 2.49. The molecule has 0 spiro atoms. The number of hydrogen-bond acceptors (Lipinski definition) is 4. The molecule has 35 heavy (non-hydrogen) atoms. The lowest BCUT2D eigenvalue weighted by atomic mass is 9.98. The molecular formula is C28H38N4O3. The fraction of sp³-hybridized carbons (Fsp3) is 0.464. The second kappa shape index (κ2) is 12.9. The number of hydrogen-bond donors (Lipinski definition) is 2. The van der Waals surface area contributed by atoms with E-state index in [-0.39, 0.29) is 24.3 Å². The zero-order chi connectivity index (χ0) is 25.2. The van der Waals surface area contributed by atoms with Crippen molar-refractivity contribution in [3.8, 4) is 0 Å². The van der Waals surface area contributed by atoms with Gasteiger partial charge < -0.3 is 20.4 Å². The first kappa shape index (κ1) is 26.3. The monoisotopic (exact) mass is 478 g/mol. The molecule has 0 aliphatic carbocycles. The van der Waals surface area contributed by atoms with Crippen LogP contribution in [0.25, 0.3) is 0 Å². The molecule has 1 aliphatic heterocycles. The summed E-state index contributed by atoms with van der Waals surface area (Å²) in [4.78, 5) is 42.0. The average molecular weight is 479 g/mol. The van der Waals surface area contributed by atoms with Crippen LogP contribution in [0.15, 0.2) is 48.5 Å². The number of carbonyl (C=O) groups is 3. The third kappa shape index (κ3) is 7.57. The van der Waals surface area contributed by atoms with Crippen LogP contribution >= 0.6 is 0 Å². The summed E-state index contributed by atoms with van der Waals surface area (Å²) in [5.74, 6) is 0.450. The Labute approximate surface area is 208 Å². The zero-order valence-corrected chi connectivity index (χ0v) is 21.2. The minimum absolute atomic E-state index is 0.0208. The topological polar surface area (TPSA) is 81.8 Å². The Kier molecular flexibility index (Phi) is 9.70. The number of amides is 3. The molecule has 2 aromatic rings. The van der Waals surface area contributed by atoms with Gasteiger partial charge in [-0.2, -0.15) is 0 Å². The van der Waals surface area contributed by atoms with Gasteiger partial charge in [-0.05, 0) is 68.0 Å². The molecular weight excluding hydrogens is 440 g/mol. The maximum atomic E-state index is 12.9. The standard InChI is InChI=1S/C28H38N4O3/c1-4-14-31(15-5-2)27(34)23-9-7-11-25(19-23)30-26(33)20-29-24-10-6-8-22(18-24)28(35)32-16-12-21(3)13-17-32/h6-11,18-19,21,29H,4-5,12-17,20H2,1-3H3,(H,30,33). The third-order valence-electron chi connectivity index (χ3n) is 6.30. The van der Waals surface area contributed by atoms with Crippen LogP contribution in [0.3, 0.4) is 0 Å². The number of nitrogens with zero attached hydrogens (tertiary/aromatic N) is 2. The summed E-state index contributed by atoms with van der Waals surface area (Å²) in [6, 6.07) is 14.3. The Morgan fingerprint density at radius 1 is 0.914 bits per heavy atom. The summed E-state index contributed by atoms with van der Waals surface area (Å²) in [7, 11) is 0. The van der Waals surface area contributed by atoms with E-state index in [1.807, 2.05) is 28.0 Å². The Morgan fingerprint density at radius 2 is 1.51 bits per heavy atom. The van der Waals surface area contributed by atoms with E-state index < -0.39 is 0 Å². The fourth-order valence-electron chi connectivity index (χ4n) is 4.31. The molecule has 1 saturated heterocycles. The van der Waals surface area contributed by atoms with Crippen LogP contribution in [0.1, 0.15) is 67.2 Å². The molecule has 3 amide bonds. The molecule has 0 unspecified atom stereocenters. The van der Waals surface area contributed by atoms with Gasteiger partial charge in [0.15, 0.2) is 0 Å². The van der Waals surface area contributed by atoms with E-state index in [1.165, 1.54) is 0 Å². The van der Waals surface area contributed by atoms with Crippen molar-refractivity contribution in [2.45, 2.75) is 46.5 Å². The number of rotatable bonds is 10. The number of benzene rings is 2. The van der Waals surface area contributed by atoms with Gasteiger partial charge in [0.2, 0.25) is 5.91 Å². The Balaban J connectivity index is 1.56. The molecule has 0 radical (unpaired) electrons. The van der Waals surface area contributed by atoms with Crippen molar-refractivity contribution in [2.75, 3.05) is 43.4 Å². The molecule has 188 valence electrons. The lowest BCUT2D eigenvalue weighted by molar-refractivity contribution is -0.114. The highest BCUT2D eigenvalue weighted by Crippen LogP contribution is 2.20. The first-order valence-corrected chi connectivity index (χ1v) is 12.7. The van der Waals surface area contributed by atoms with Gasteiger partial charge in [0.1, 0.15) is 0 Å². The molecule has 0 saturated carbocycles. The van der Waals surface area contributed by atoms with E-state index in [1.54, 1.807) is 30.3 Å². The second-order valence-corrected chi connectivity index (χ2v) is 9.33. The Bertz CT molecular complexity index is 1010. The Morgan fingerprint density at radius 3 is 2.17 bits per heavy atom. The molecule has 7 nitrogen and oxygen atoms in total. The number of likely N-dealkylation sites (tertiary alicyclic amines) is 1. The fourth-order valence-corrected chi connectivity index (χ4v) is 4.31. The SMILES string of the molecule is CCCN(CCC)C(=O)c1cccc(NC(=O)CNc2cccc(C(=O)N3CCC(C)CC3)c2)c1. The molecule has 1 aliphatic rings. The van der Waals surface area contributed by atoms with E-state index >= 15 is 0 Å². The molecule has 2 N–H and O–H groups in total. The van der Waals surface area contributed by atoms with Gasteiger partial charge in [-0.1, -0.05) is 32.9 Å². The summed E-state index contributed by atoms with van der Waals surface area (Å²) >= 11 is 0. The van der Waals surface area contributed by atoms with Gasteiger partial charge in [-0.25, -0.2) is 0 Å². The van der Waals surface area contributed by atoms with E-state index in [9.17, 15) is 14.4 Å². The minimum Gasteiger partial charge on any atom is -0.376 e. The van der Waals surface area contributed by atoms with Gasteiger partial charge in [-0.3, -0.25) is 14.4 Å². The van der Waals surface area contributed by atoms with Crippen LogP contribution in [0.4, 0.5) is 11.4 Å². The van der Waals surface area contributed by atoms with Gasteiger partial charge >= 0.3 is 0 Å². The van der Waals surface area contributed by atoms with Crippen LogP contribution in [-0.4, -0.2) is 60.2 Å². The number of carbonyl (C=O) groups excluding carboxylic acids is 3. The van der Waals surface area contributed by atoms with Crippen molar-refractivity contribution in [3.05, 3.63) is 59.7 Å². The molecule has 2 aromatic carbocycles. The highest BCUT2D eigenvalue weighted by atomic mass is 16.2. The Hall–Kier alpha value is -3.35. The van der Waals surface area contributed by atoms with Crippen LogP contribution in [-0.2, 0) is 4.79 Å². The van der Waals surface area contributed by atoms with E-state index in [0.29, 0.717) is 35.8 Å². The quantitative estimate of drug-likeness (QED) is 0.510. The highest BCUT2D eigenvalue weighted by molar-refractivity contribution is 5.98. The molecule has 3 rings (SSSR count). The largest absolute Gasteiger partial charge is 0.376 e. The first-order chi connectivity index (χ1) is 16.9. The van der Waals surface area contributed by atoms with Crippen molar-refractivity contribution in [2.24, 2.45) is 5.92 Å². The lowest BCUT2D eigenvalue weighted by Crippen LogP contribution is -2.37. The first-order valence-electron chi connectivity index (χ1n) is 12.7. The van der Waals surface area contributed by atoms with Crippen molar-refractivity contribution < 1.29 is 14.4 Å². The number of anilines is 2. The van der Waals surface area contributed by atoms with E-state index in [2.05, 4.69) is 31.4 Å². The van der Waals surface area contributed by atoms with Gasteiger partial charge in [0.05, 0.1) is 6.54 Å². The van der Waals surface area contributed by atoms with Crippen LogP contribution < -0.4 is 10.6 Å². The molecule has 0 atom stereocenters.